The summed E-state index contributed by atoms with van der Waals surface area (Å²) in [5.41, 5.74) is 0. The predicted molar refractivity (Wildman–Crippen MR) is 52.8 cm³/mol. The average Bonchev–Trinajstić information content (AvgIpc) is 2.61. The molecule has 4 nitrogen and oxygen atoms in total. The second-order valence-corrected chi connectivity index (χ2v) is 3.32. The summed E-state index contributed by atoms with van der Waals surface area (Å²) in [5.74, 6) is -0.110. The topological polar surface area (TPSA) is 38.8 Å². The normalized spacial score (nSPS) is 21.6. The summed E-state index contributed by atoms with van der Waals surface area (Å²) in [6.45, 7) is 8.73. The zero-order valence-corrected chi connectivity index (χ0v) is 8.70. The molecule has 81 valence electrons. The van der Waals surface area contributed by atoms with Gasteiger partial charge in [0.05, 0.1) is 19.3 Å². The number of amides is 1. The monoisotopic (exact) mass is 200 g/mol. The van der Waals surface area contributed by atoms with E-state index in [0.29, 0.717) is 19.8 Å². The standard InChI is InChI=1S/C10H18NO3/c1-3-13-6-7-14-10-4-5-11(8-10)9(2)12/h10H,2-8H2,1H3. The van der Waals surface area contributed by atoms with Crippen molar-refractivity contribution in [1.29, 1.82) is 0 Å². The summed E-state index contributed by atoms with van der Waals surface area (Å²) >= 11 is 0. The Kier molecular flexibility index (Phi) is 4.90. The van der Waals surface area contributed by atoms with Crippen molar-refractivity contribution in [3.8, 4) is 0 Å². The lowest BCUT2D eigenvalue weighted by atomic mass is 10.3. The lowest BCUT2D eigenvalue weighted by Crippen LogP contribution is -2.28. The molecule has 0 spiro atoms. The Balaban J connectivity index is 2.07. The highest BCUT2D eigenvalue weighted by molar-refractivity contribution is 5.80. The molecule has 1 aliphatic rings. The van der Waals surface area contributed by atoms with E-state index in [-0.39, 0.29) is 12.0 Å². The highest BCUT2D eigenvalue weighted by Gasteiger charge is 2.24. The first-order valence-electron chi connectivity index (χ1n) is 5.04. The summed E-state index contributed by atoms with van der Waals surface area (Å²) in [4.78, 5) is 12.6. The van der Waals surface area contributed by atoms with E-state index in [1.807, 2.05) is 6.92 Å². The van der Waals surface area contributed by atoms with Crippen LogP contribution >= 0.6 is 0 Å². The van der Waals surface area contributed by atoms with Crippen LogP contribution in [0.3, 0.4) is 0 Å². The molecule has 1 unspecified atom stereocenters. The van der Waals surface area contributed by atoms with Gasteiger partial charge in [-0.3, -0.25) is 4.79 Å². The minimum atomic E-state index is -0.110. The zero-order chi connectivity index (χ0) is 10.4. The van der Waals surface area contributed by atoms with E-state index >= 15 is 0 Å². The van der Waals surface area contributed by atoms with Gasteiger partial charge in [-0.2, -0.15) is 0 Å². The molecule has 0 aromatic rings. The maximum absolute atomic E-state index is 10.9. The summed E-state index contributed by atoms with van der Waals surface area (Å²) in [7, 11) is 0. The Labute approximate surface area is 85.2 Å². The average molecular weight is 200 g/mol. The van der Waals surface area contributed by atoms with Gasteiger partial charge in [-0.05, 0) is 13.3 Å². The fourth-order valence-corrected chi connectivity index (χ4v) is 1.51. The van der Waals surface area contributed by atoms with Crippen LogP contribution in [0.4, 0.5) is 0 Å². The first-order chi connectivity index (χ1) is 6.74. The van der Waals surface area contributed by atoms with Crippen LogP contribution in [0.2, 0.25) is 0 Å². The number of carbonyl (C=O) groups is 1. The molecule has 0 aromatic heterocycles. The number of likely N-dealkylation sites (tertiary alicyclic amines) is 1. The van der Waals surface area contributed by atoms with E-state index in [2.05, 4.69) is 6.92 Å². The minimum Gasteiger partial charge on any atom is -0.379 e. The van der Waals surface area contributed by atoms with Crippen molar-refractivity contribution in [2.24, 2.45) is 0 Å². The highest BCUT2D eigenvalue weighted by atomic mass is 16.5. The van der Waals surface area contributed by atoms with Crippen molar-refractivity contribution in [3.63, 3.8) is 0 Å². The van der Waals surface area contributed by atoms with Gasteiger partial charge in [-0.1, -0.05) is 0 Å². The lowest BCUT2D eigenvalue weighted by Gasteiger charge is -2.14. The van der Waals surface area contributed by atoms with Crippen LogP contribution in [0.15, 0.2) is 0 Å². The molecule has 4 heteroatoms. The van der Waals surface area contributed by atoms with Crippen molar-refractivity contribution in [1.82, 2.24) is 4.90 Å². The van der Waals surface area contributed by atoms with Gasteiger partial charge in [0.25, 0.3) is 0 Å². The number of rotatable bonds is 5. The number of hydrogen-bond donors (Lipinski definition) is 0. The van der Waals surface area contributed by atoms with E-state index in [1.54, 1.807) is 4.90 Å². The molecule has 1 rings (SSSR count). The Hall–Kier alpha value is -0.610. The van der Waals surface area contributed by atoms with E-state index in [4.69, 9.17) is 9.47 Å². The third-order valence-corrected chi connectivity index (χ3v) is 2.28. The quantitative estimate of drug-likeness (QED) is 0.606. The predicted octanol–water partition coefficient (Wildman–Crippen LogP) is 0.474. The molecular weight excluding hydrogens is 182 g/mol. The van der Waals surface area contributed by atoms with Crippen molar-refractivity contribution < 1.29 is 14.3 Å². The van der Waals surface area contributed by atoms with Gasteiger partial charge in [0.15, 0.2) is 0 Å². The highest BCUT2D eigenvalue weighted by Crippen LogP contribution is 2.12. The zero-order valence-electron chi connectivity index (χ0n) is 8.70. The third kappa shape index (κ3) is 3.64. The molecule has 1 aliphatic heterocycles. The largest absolute Gasteiger partial charge is 0.379 e. The fraction of sp³-hybridized carbons (Fsp3) is 0.800. The molecule has 0 aliphatic carbocycles. The lowest BCUT2D eigenvalue weighted by molar-refractivity contribution is -0.125. The molecule has 1 fully saturated rings. The molecule has 1 saturated heterocycles. The molecule has 0 saturated carbocycles. The van der Waals surface area contributed by atoms with Crippen LogP contribution in [0.5, 0.6) is 0 Å². The summed E-state index contributed by atoms with van der Waals surface area (Å²) in [6, 6.07) is 0. The van der Waals surface area contributed by atoms with Crippen LogP contribution in [-0.2, 0) is 14.3 Å². The molecule has 0 bridgehead atoms. The van der Waals surface area contributed by atoms with Crippen LogP contribution in [0.1, 0.15) is 13.3 Å². The van der Waals surface area contributed by atoms with E-state index in [9.17, 15) is 4.79 Å². The Morgan fingerprint density at radius 2 is 2.36 bits per heavy atom. The Bertz CT molecular complexity index is 184. The van der Waals surface area contributed by atoms with Crippen molar-refractivity contribution in [3.05, 3.63) is 6.92 Å². The summed E-state index contributed by atoms with van der Waals surface area (Å²) < 4.78 is 10.7. The molecule has 14 heavy (non-hydrogen) atoms. The molecular formula is C10H18NO3. The van der Waals surface area contributed by atoms with Crippen LogP contribution in [0.25, 0.3) is 0 Å². The minimum absolute atomic E-state index is 0.110. The van der Waals surface area contributed by atoms with Crippen molar-refractivity contribution in [2.75, 3.05) is 32.9 Å². The fourth-order valence-electron chi connectivity index (χ4n) is 1.51. The summed E-state index contributed by atoms with van der Waals surface area (Å²) in [6.07, 6.45) is 1.08. The van der Waals surface area contributed by atoms with Gasteiger partial charge in [0, 0.05) is 26.6 Å². The van der Waals surface area contributed by atoms with E-state index in [1.165, 1.54) is 0 Å². The molecule has 0 N–H and O–H groups in total. The van der Waals surface area contributed by atoms with E-state index in [0.717, 1.165) is 19.6 Å². The number of hydrogen-bond acceptors (Lipinski definition) is 3. The number of nitrogens with zero attached hydrogens (tertiary/aromatic N) is 1. The van der Waals surface area contributed by atoms with Gasteiger partial charge >= 0.3 is 0 Å². The van der Waals surface area contributed by atoms with Crippen LogP contribution in [0, 0.1) is 6.92 Å². The van der Waals surface area contributed by atoms with Crippen LogP contribution in [-0.4, -0.2) is 49.8 Å². The Morgan fingerprint density at radius 1 is 1.57 bits per heavy atom. The maximum atomic E-state index is 10.9. The molecule has 1 atom stereocenters. The van der Waals surface area contributed by atoms with Crippen molar-refractivity contribution >= 4 is 5.91 Å². The third-order valence-electron chi connectivity index (χ3n) is 2.28. The number of carbonyl (C=O) groups excluding carboxylic acids is 1. The SMILES string of the molecule is [CH2]C(=O)N1CCC(OCCOCC)C1. The first kappa shape index (κ1) is 11.5. The van der Waals surface area contributed by atoms with Gasteiger partial charge in [0.2, 0.25) is 5.91 Å². The second kappa shape index (κ2) is 5.98. The molecule has 0 aromatic carbocycles. The second-order valence-electron chi connectivity index (χ2n) is 3.32. The van der Waals surface area contributed by atoms with E-state index < -0.39 is 0 Å². The first-order valence-corrected chi connectivity index (χ1v) is 5.04. The van der Waals surface area contributed by atoms with Crippen molar-refractivity contribution in [2.45, 2.75) is 19.4 Å². The maximum Gasteiger partial charge on any atom is 0.223 e. The Morgan fingerprint density at radius 3 is 2.93 bits per heavy atom. The van der Waals surface area contributed by atoms with Gasteiger partial charge in [0.1, 0.15) is 0 Å². The summed E-state index contributed by atoms with van der Waals surface area (Å²) in [5, 5.41) is 0. The van der Waals surface area contributed by atoms with Gasteiger partial charge < -0.3 is 14.4 Å². The smallest absolute Gasteiger partial charge is 0.223 e. The molecule has 1 heterocycles. The molecule has 1 amide bonds. The van der Waals surface area contributed by atoms with Gasteiger partial charge in [-0.25, -0.2) is 0 Å². The van der Waals surface area contributed by atoms with Gasteiger partial charge in [-0.15, -0.1) is 0 Å². The van der Waals surface area contributed by atoms with Crippen LogP contribution < -0.4 is 0 Å². The number of ether oxygens (including phenoxy) is 2. The molecule has 1 radical (unpaired) electrons.